The largest absolute Gasteiger partial charge is 0.312 e. The van der Waals surface area contributed by atoms with Gasteiger partial charge in [0.25, 0.3) is 0 Å². The predicted octanol–water partition coefficient (Wildman–Crippen LogP) is 3.42. The van der Waals surface area contributed by atoms with E-state index in [-0.39, 0.29) is 0 Å². The fourth-order valence-corrected chi connectivity index (χ4v) is 3.72. The van der Waals surface area contributed by atoms with Crippen LogP contribution in [0.4, 0.5) is 0 Å². The third-order valence-electron chi connectivity index (χ3n) is 5.25. The van der Waals surface area contributed by atoms with Gasteiger partial charge in [0, 0.05) is 18.6 Å². The van der Waals surface area contributed by atoms with Crippen molar-refractivity contribution in [1.82, 2.24) is 10.2 Å². The molecule has 1 heterocycles. The maximum Gasteiger partial charge on any atom is 0.0246 e. The summed E-state index contributed by atoms with van der Waals surface area (Å²) in [5.41, 5.74) is 0.469. The van der Waals surface area contributed by atoms with Gasteiger partial charge in [-0.25, -0.2) is 0 Å². The summed E-state index contributed by atoms with van der Waals surface area (Å²) in [6.07, 6.45) is 11.4. The molecular weight excluding hydrogens is 220 g/mol. The molecule has 0 bridgehead atoms. The molecule has 1 saturated carbocycles. The molecule has 2 nitrogen and oxygen atoms in total. The second kappa shape index (κ2) is 6.38. The van der Waals surface area contributed by atoms with Crippen molar-refractivity contribution in [2.45, 2.75) is 77.3 Å². The van der Waals surface area contributed by atoms with E-state index in [1.807, 2.05) is 0 Å². The topological polar surface area (TPSA) is 15.3 Å². The van der Waals surface area contributed by atoms with E-state index in [9.17, 15) is 0 Å². The lowest BCUT2D eigenvalue weighted by Gasteiger charge is -2.42. The summed E-state index contributed by atoms with van der Waals surface area (Å²) in [5.74, 6) is 0. The van der Waals surface area contributed by atoms with Gasteiger partial charge < -0.3 is 10.2 Å². The van der Waals surface area contributed by atoms with E-state index >= 15 is 0 Å². The standard InChI is InChI=1S/C16H32N2/c1-16(2)11-8-12-17-15(16)13-18(3)14-9-6-4-5-7-10-14/h14-15,17H,4-13H2,1-3H3. The first-order valence-corrected chi connectivity index (χ1v) is 8.03. The highest BCUT2D eigenvalue weighted by molar-refractivity contribution is 4.90. The van der Waals surface area contributed by atoms with Crippen molar-refractivity contribution >= 4 is 0 Å². The van der Waals surface area contributed by atoms with Crippen molar-refractivity contribution in [2.75, 3.05) is 20.1 Å². The number of hydrogen-bond donors (Lipinski definition) is 1. The molecule has 1 atom stereocenters. The number of nitrogens with zero attached hydrogens (tertiary/aromatic N) is 1. The second-order valence-electron chi connectivity index (χ2n) is 7.18. The maximum atomic E-state index is 3.75. The van der Waals surface area contributed by atoms with E-state index in [1.54, 1.807) is 0 Å². The van der Waals surface area contributed by atoms with Gasteiger partial charge in [0.05, 0.1) is 0 Å². The molecule has 1 aliphatic carbocycles. The van der Waals surface area contributed by atoms with E-state index < -0.39 is 0 Å². The van der Waals surface area contributed by atoms with Crippen LogP contribution in [0.1, 0.15) is 65.2 Å². The molecule has 0 radical (unpaired) electrons. The molecule has 106 valence electrons. The Morgan fingerprint density at radius 1 is 1.06 bits per heavy atom. The Bertz CT molecular complexity index is 241. The lowest BCUT2D eigenvalue weighted by molar-refractivity contribution is 0.113. The molecular formula is C16H32N2. The molecule has 2 rings (SSSR count). The zero-order valence-electron chi connectivity index (χ0n) is 12.7. The molecule has 2 aliphatic rings. The van der Waals surface area contributed by atoms with Crippen LogP contribution in [0.3, 0.4) is 0 Å². The fourth-order valence-electron chi connectivity index (χ4n) is 3.72. The molecule has 2 heteroatoms. The highest BCUT2D eigenvalue weighted by Crippen LogP contribution is 2.31. The van der Waals surface area contributed by atoms with E-state index in [1.165, 1.54) is 64.5 Å². The first kappa shape index (κ1) is 14.3. The molecule has 1 N–H and O–H groups in total. The van der Waals surface area contributed by atoms with E-state index in [0.29, 0.717) is 11.5 Å². The van der Waals surface area contributed by atoms with Crippen molar-refractivity contribution < 1.29 is 0 Å². The Kier molecular flexibility index (Phi) is 5.08. The second-order valence-corrected chi connectivity index (χ2v) is 7.18. The van der Waals surface area contributed by atoms with Crippen LogP contribution in [0.2, 0.25) is 0 Å². The van der Waals surface area contributed by atoms with Crippen molar-refractivity contribution in [1.29, 1.82) is 0 Å². The van der Waals surface area contributed by atoms with Gasteiger partial charge >= 0.3 is 0 Å². The zero-order chi connectivity index (χ0) is 13.0. The Hall–Kier alpha value is -0.0800. The molecule has 1 aliphatic heterocycles. The Morgan fingerprint density at radius 2 is 1.72 bits per heavy atom. The van der Waals surface area contributed by atoms with Crippen LogP contribution in [-0.4, -0.2) is 37.1 Å². The van der Waals surface area contributed by atoms with Gasteiger partial charge in [-0.3, -0.25) is 0 Å². The first-order valence-electron chi connectivity index (χ1n) is 8.03. The minimum absolute atomic E-state index is 0.469. The Morgan fingerprint density at radius 3 is 2.33 bits per heavy atom. The fraction of sp³-hybridized carbons (Fsp3) is 1.00. The molecule has 1 unspecified atom stereocenters. The molecule has 0 aromatic carbocycles. The average Bonchev–Trinajstić information content (AvgIpc) is 2.60. The van der Waals surface area contributed by atoms with Gasteiger partial charge in [-0.15, -0.1) is 0 Å². The van der Waals surface area contributed by atoms with Crippen LogP contribution in [0.15, 0.2) is 0 Å². The third-order valence-corrected chi connectivity index (χ3v) is 5.25. The number of piperidine rings is 1. The summed E-state index contributed by atoms with van der Waals surface area (Å²) in [4.78, 5) is 2.65. The monoisotopic (exact) mass is 252 g/mol. The first-order chi connectivity index (χ1) is 8.59. The van der Waals surface area contributed by atoms with Gasteiger partial charge in [0.1, 0.15) is 0 Å². The minimum Gasteiger partial charge on any atom is -0.312 e. The van der Waals surface area contributed by atoms with Crippen molar-refractivity contribution in [3.05, 3.63) is 0 Å². The summed E-state index contributed by atoms with van der Waals surface area (Å²) in [6, 6.07) is 1.52. The van der Waals surface area contributed by atoms with Gasteiger partial charge in [-0.2, -0.15) is 0 Å². The van der Waals surface area contributed by atoms with Crippen LogP contribution < -0.4 is 5.32 Å². The molecule has 2 fully saturated rings. The molecule has 0 amide bonds. The third kappa shape index (κ3) is 3.71. The highest BCUT2D eigenvalue weighted by Gasteiger charge is 2.33. The van der Waals surface area contributed by atoms with E-state index in [2.05, 4.69) is 31.1 Å². The molecule has 0 spiro atoms. The molecule has 18 heavy (non-hydrogen) atoms. The van der Waals surface area contributed by atoms with Crippen molar-refractivity contribution in [3.8, 4) is 0 Å². The van der Waals surface area contributed by atoms with Gasteiger partial charge in [-0.05, 0) is 44.7 Å². The summed E-state index contributed by atoms with van der Waals surface area (Å²) in [5, 5.41) is 3.75. The summed E-state index contributed by atoms with van der Waals surface area (Å²) in [7, 11) is 2.35. The zero-order valence-corrected chi connectivity index (χ0v) is 12.7. The van der Waals surface area contributed by atoms with Gasteiger partial charge in [-0.1, -0.05) is 39.5 Å². The van der Waals surface area contributed by atoms with Crippen LogP contribution in [0, 0.1) is 5.41 Å². The Labute approximate surface area is 114 Å². The summed E-state index contributed by atoms with van der Waals surface area (Å²) in [6.45, 7) is 7.32. The van der Waals surface area contributed by atoms with Gasteiger partial charge in [0.15, 0.2) is 0 Å². The number of hydrogen-bond acceptors (Lipinski definition) is 2. The minimum atomic E-state index is 0.469. The molecule has 0 aromatic rings. The normalized spacial score (nSPS) is 30.3. The van der Waals surface area contributed by atoms with E-state index in [4.69, 9.17) is 0 Å². The predicted molar refractivity (Wildman–Crippen MR) is 78.9 cm³/mol. The maximum absolute atomic E-state index is 3.75. The van der Waals surface area contributed by atoms with Crippen molar-refractivity contribution in [3.63, 3.8) is 0 Å². The highest BCUT2D eigenvalue weighted by atomic mass is 15.2. The number of likely N-dealkylation sites (N-methyl/N-ethyl adjacent to an activating group) is 1. The van der Waals surface area contributed by atoms with Crippen LogP contribution in [-0.2, 0) is 0 Å². The quantitative estimate of drug-likeness (QED) is 0.774. The van der Waals surface area contributed by atoms with E-state index in [0.717, 1.165) is 6.04 Å². The van der Waals surface area contributed by atoms with Crippen LogP contribution in [0.5, 0.6) is 0 Å². The number of nitrogens with one attached hydrogen (secondary N) is 1. The lowest BCUT2D eigenvalue weighted by atomic mass is 9.77. The summed E-state index contributed by atoms with van der Waals surface area (Å²) >= 11 is 0. The Balaban J connectivity index is 1.86. The van der Waals surface area contributed by atoms with Crippen molar-refractivity contribution in [2.24, 2.45) is 5.41 Å². The van der Waals surface area contributed by atoms with Crippen LogP contribution >= 0.6 is 0 Å². The SMILES string of the molecule is CN(CC1NCCCC1(C)C)C1CCCCCC1. The smallest absolute Gasteiger partial charge is 0.0246 e. The van der Waals surface area contributed by atoms with Gasteiger partial charge in [0.2, 0.25) is 0 Å². The average molecular weight is 252 g/mol. The molecule has 0 aromatic heterocycles. The summed E-state index contributed by atoms with van der Waals surface area (Å²) < 4.78 is 0. The molecule has 1 saturated heterocycles. The number of rotatable bonds is 3. The van der Waals surface area contributed by atoms with Crippen LogP contribution in [0.25, 0.3) is 0 Å². The lowest BCUT2D eigenvalue weighted by Crippen LogP contribution is -2.53.